The van der Waals surface area contributed by atoms with E-state index in [4.69, 9.17) is 4.74 Å². The normalized spacial score (nSPS) is 11.1. The lowest BCUT2D eigenvalue weighted by molar-refractivity contribution is -0.384. The Kier molecular flexibility index (Phi) is 7.63. The molecule has 2 amide bonds. The van der Waals surface area contributed by atoms with E-state index in [1.54, 1.807) is 61.7 Å². The quantitative estimate of drug-likeness (QED) is 0.238. The van der Waals surface area contributed by atoms with Crippen molar-refractivity contribution in [1.82, 2.24) is 10.7 Å². The molecular weight excluding hydrogens is 424 g/mol. The van der Waals surface area contributed by atoms with Gasteiger partial charge < -0.3 is 10.1 Å². The summed E-state index contributed by atoms with van der Waals surface area (Å²) in [7, 11) is 1.54. The molecule has 9 nitrogen and oxygen atoms in total. The minimum absolute atomic E-state index is 0.0829. The van der Waals surface area contributed by atoms with Crippen LogP contribution in [0.15, 0.2) is 89.7 Å². The maximum atomic E-state index is 12.8. The van der Waals surface area contributed by atoms with Crippen LogP contribution in [0.5, 0.6) is 5.75 Å². The lowest BCUT2D eigenvalue weighted by Gasteiger charge is -2.09. The van der Waals surface area contributed by atoms with Crippen LogP contribution in [0.2, 0.25) is 0 Å². The lowest BCUT2D eigenvalue weighted by Crippen LogP contribution is -2.32. The van der Waals surface area contributed by atoms with Gasteiger partial charge in [-0.25, -0.2) is 5.43 Å². The van der Waals surface area contributed by atoms with Crippen molar-refractivity contribution in [2.75, 3.05) is 7.11 Å². The second kappa shape index (κ2) is 11.0. The Balaban J connectivity index is 1.81. The average molecular weight is 444 g/mol. The van der Waals surface area contributed by atoms with E-state index < -0.39 is 16.7 Å². The maximum Gasteiger partial charge on any atom is 0.287 e. The largest absolute Gasteiger partial charge is 0.497 e. The molecule has 0 saturated heterocycles. The van der Waals surface area contributed by atoms with Gasteiger partial charge in [0.15, 0.2) is 0 Å². The molecule has 3 aromatic carbocycles. The number of non-ortho nitro benzene ring substituents is 1. The molecule has 0 saturated carbocycles. The molecule has 33 heavy (non-hydrogen) atoms. The number of methoxy groups -OCH3 is 1. The van der Waals surface area contributed by atoms with Crippen LogP contribution in [0.3, 0.4) is 0 Å². The number of hydrogen-bond acceptors (Lipinski definition) is 6. The van der Waals surface area contributed by atoms with Gasteiger partial charge in [0, 0.05) is 17.7 Å². The zero-order valence-corrected chi connectivity index (χ0v) is 17.6. The van der Waals surface area contributed by atoms with Crippen molar-refractivity contribution < 1.29 is 19.2 Å². The number of rotatable bonds is 8. The van der Waals surface area contributed by atoms with Crippen LogP contribution in [-0.2, 0) is 4.79 Å². The number of benzene rings is 3. The summed E-state index contributed by atoms with van der Waals surface area (Å²) >= 11 is 0. The molecule has 0 heterocycles. The van der Waals surface area contributed by atoms with Gasteiger partial charge in [-0.1, -0.05) is 30.3 Å². The standard InChI is InChI=1S/C24H20N4O5/c1-33-21-9-5-6-18(14-21)16-25-27-24(30)22(26-23(29)19-7-3-2-4-8-19)15-17-10-12-20(13-11-17)28(31)32/h2-16H,1H3,(H,26,29)(H,27,30)/b22-15-,25-16+. The molecule has 0 radical (unpaired) electrons. The Morgan fingerprint density at radius 3 is 2.36 bits per heavy atom. The van der Waals surface area contributed by atoms with Gasteiger partial charge in [-0.15, -0.1) is 0 Å². The first-order valence-corrected chi connectivity index (χ1v) is 9.76. The number of nitro benzene ring substituents is 1. The highest BCUT2D eigenvalue weighted by Crippen LogP contribution is 2.14. The fourth-order valence-corrected chi connectivity index (χ4v) is 2.75. The monoisotopic (exact) mass is 444 g/mol. The summed E-state index contributed by atoms with van der Waals surface area (Å²) in [5, 5.41) is 17.4. The third-order valence-corrected chi connectivity index (χ3v) is 4.42. The van der Waals surface area contributed by atoms with Gasteiger partial charge in [-0.3, -0.25) is 19.7 Å². The fraction of sp³-hybridized carbons (Fsp3) is 0.0417. The molecule has 9 heteroatoms. The van der Waals surface area contributed by atoms with Gasteiger partial charge >= 0.3 is 0 Å². The van der Waals surface area contributed by atoms with Gasteiger partial charge in [0.1, 0.15) is 11.4 Å². The molecule has 0 aliphatic heterocycles. The molecule has 0 bridgehead atoms. The summed E-state index contributed by atoms with van der Waals surface area (Å²) < 4.78 is 5.15. The Morgan fingerprint density at radius 1 is 0.970 bits per heavy atom. The van der Waals surface area contributed by atoms with Crippen LogP contribution in [0, 0.1) is 10.1 Å². The van der Waals surface area contributed by atoms with E-state index in [0.29, 0.717) is 22.4 Å². The zero-order valence-electron chi connectivity index (χ0n) is 17.6. The second-order valence-corrected chi connectivity index (χ2v) is 6.70. The number of nitrogens with zero attached hydrogens (tertiary/aromatic N) is 2. The van der Waals surface area contributed by atoms with E-state index in [-0.39, 0.29) is 11.4 Å². The second-order valence-electron chi connectivity index (χ2n) is 6.70. The van der Waals surface area contributed by atoms with Crippen molar-refractivity contribution in [3.63, 3.8) is 0 Å². The molecule has 0 spiro atoms. The third kappa shape index (κ3) is 6.59. The third-order valence-electron chi connectivity index (χ3n) is 4.42. The zero-order chi connectivity index (χ0) is 23.6. The van der Waals surface area contributed by atoms with Gasteiger partial charge in [0.2, 0.25) is 0 Å². The van der Waals surface area contributed by atoms with E-state index in [0.717, 1.165) is 0 Å². The van der Waals surface area contributed by atoms with Crippen molar-refractivity contribution in [3.8, 4) is 5.75 Å². The number of ether oxygens (including phenoxy) is 1. The van der Waals surface area contributed by atoms with Gasteiger partial charge in [-0.2, -0.15) is 5.10 Å². The first-order chi connectivity index (χ1) is 16.0. The Hall–Kier alpha value is -4.79. The average Bonchev–Trinajstić information content (AvgIpc) is 2.84. The van der Waals surface area contributed by atoms with E-state index in [1.165, 1.54) is 36.6 Å². The van der Waals surface area contributed by atoms with Crippen molar-refractivity contribution in [3.05, 3.63) is 111 Å². The topological polar surface area (TPSA) is 123 Å². The van der Waals surface area contributed by atoms with Crippen LogP contribution in [-0.4, -0.2) is 30.1 Å². The molecule has 0 atom stereocenters. The summed E-state index contributed by atoms with van der Waals surface area (Å²) in [5.74, 6) is -0.522. The van der Waals surface area contributed by atoms with E-state index in [9.17, 15) is 19.7 Å². The SMILES string of the molecule is COc1cccc(/C=N/NC(=O)/C(=C/c2ccc([N+](=O)[O-])cc2)NC(=O)c2ccccc2)c1. The highest BCUT2D eigenvalue weighted by atomic mass is 16.6. The Labute approximate surface area is 189 Å². The number of nitro groups is 1. The minimum atomic E-state index is -0.670. The Morgan fingerprint density at radius 2 is 1.70 bits per heavy atom. The smallest absolute Gasteiger partial charge is 0.287 e. The minimum Gasteiger partial charge on any atom is -0.497 e. The number of carbonyl (C=O) groups excluding carboxylic acids is 2. The van der Waals surface area contributed by atoms with E-state index in [2.05, 4.69) is 15.8 Å². The number of amides is 2. The molecule has 0 fully saturated rings. The van der Waals surface area contributed by atoms with Crippen LogP contribution >= 0.6 is 0 Å². The predicted molar refractivity (Wildman–Crippen MR) is 124 cm³/mol. The van der Waals surface area contributed by atoms with Crippen LogP contribution in [0.4, 0.5) is 5.69 Å². The molecule has 0 aliphatic carbocycles. The van der Waals surface area contributed by atoms with Gasteiger partial charge in [0.05, 0.1) is 18.2 Å². The molecule has 0 aliphatic rings. The molecule has 2 N–H and O–H groups in total. The Bertz CT molecular complexity index is 1210. The first kappa shape index (κ1) is 22.9. The fourth-order valence-electron chi connectivity index (χ4n) is 2.75. The number of carbonyl (C=O) groups is 2. The number of hydrogen-bond donors (Lipinski definition) is 2. The number of nitrogens with one attached hydrogen (secondary N) is 2. The molecule has 3 aromatic rings. The highest BCUT2D eigenvalue weighted by Gasteiger charge is 2.14. The molecule has 0 aromatic heterocycles. The summed E-state index contributed by atoms with van der Waals surface area (Å²) in [6, 6.07) is 21.0. The maximum absolute atomic E-state index is 12.8. The van der Waals surface area contributed by atoms with Crippen molar-refractivity contribution in [2.45, 2.75) is 0 Å². The van der Waals surface area contributed by atoms with Crippen molar-refractivity contribution in [1.29, 1.82) is 0 Å². The van der Waals surface area contributed by atoms with E-state index >= 15 is 0 Å². The summed E-state index contributed by atoms with van der Waals surface area (Å²) in [5.41, 5.74) is 3.74. The highest BCUT2D eigenvalue weighted by molar-refractivity contribution is 6.05. The first-order valence-electron chi connectivity index (χ1n) is 9.76. The lowest BCUT2D eigenvalue weighted by atomic mass is 10.1. The van der Waals surface area contributed by atoms with Gasteiger partial charge in [0.25, 0.3) is 17.5 Å². The van der Waals surface area contributed by atoms with Crippen LogP contribution < -0.4 is 15.5 Å². The van der Waals surface area contributed by atoms with Crippen LogP contribution in [0.1, 0.15) is 21.5 Å². The van der Waals surface area contributed by atoms with Crippen molar-refractivity contribution in [2.24, 2.45) is 5.10 Å². The molecule has 0 unspecified atom stereocenters. The number of hydrazone groups is 1. The predicted octanol–water partition coefficient (Wildman–Crippen LogP) is 3.52. The van der Waals surface area contributed by atoms with Gasteiger partial charge in [-0.05, 0) is 53.6 Å². The molecular formula is C24H20N4O5. The van der Waals surface area contributed by atoms with E-state index in [1.807, 2.05) is 0 Å². The summed E-state index contributed by atoms with van der Waals surface area (Å²) in [4.78, 5) is 35.7. The van der Waals surface area contributed by atoms with Crippen LogP contribution in [0.25, 0.3) is 6.08 Å². The molecule has 166 valence electrons. The molecule has 3 rings (SSSR count). The van der Waals surface area contributed by atoms with Crippen molar-refractivity contribution >= 4 is 29.8 Å². The summed E-state index contributed by atoms with van der Waals surface area (Å²) in [6.07, 6.45) is 2.84. The summed E-state index contributed by atoms with van der Waals surface area (Å²) in [6.45, 7) is 0.